The molecule has 0 saturated carbocycles. The summed E-state index contributed by atoms with van der Waals surface area (Å²) in [5.74, 6) is 1.26. The molecular weight excluding hydrogens is 360 g/mol. The zero-order chi connectivity index (χ0) is 18.8. The van der Waals surface area contributed by atoms with Crippen LogP contribution in [-0.2, 0) is 6.54 Å². The second-order valence-electron chi connectivity index (χ2n) is 6.58. The van der Waals surface area contributed by atoms with Crippen LogP contribution in [0.4, 0.5) is 11.5 Å². The molecule has 2 heterocycles. The van der Waals surface area contributed by atoms with Crippen molar-refractivity contribution in [3.8, 4) is 6.07 Å². The molecule has 0 spiro atoms. The third-order valence-corrected chi connectivity index (χ3v) is 5.07. The minimum absolute atomic E-state index is 0.522. The van der Waals surface area contributed by atoms with Gasteiger partial charge in [-0.3, -0.25) is 4.90 Å². The van der Waals surface area contributed by atoms with Crippen molar-refractivity contribution in [2.24, 2.45) is 0 Å². The van der Waals surface area contributed by atoms with Gasteiger partial charge in [0.05, 0.1) is 23.3 Å². The number of halogens is 1. The first kappa shape index (κ1) is 17.5. The van der Waals surface area contributed by atoms with Gasteiger partial charge in [0.25, 0.3) is 0 Å². The molecule has 136 valence electrons. The summed E-state index contributed by atoms with van der Waals surface area (Å²) in [5.41, 5.74) is 8.51. The number of rotatable bonds is 3. The van der Waals surface area contributed by atoms with Gasteiger partial charge in [0, 0.05) is 36.6 Å². The third-order valence-electron chi connectivity index (χ3n) is 4.84. The lowest BCUT2D eigenvalue weighted by molar-refractivity contribution is 0.244. The lowest BCUT2D eigenvalue weighted by Gasteiger charge is -2.36. The molecule has 2 aromatic carbocycles. The van der Waals surface area contributed by atoms with Crippen LogP contribution in [0, 0.1) is 11.3 Å². The van der Waals surface area contributed by atoms with E-state index in [1.54, 1.807) is 6.07 Å². The maximum Gasteiger partial charge on any atom is 0.145 e. The van der Waals surface area contributed by atoms with E-state index in [4.69, 9.17) is 17.3 Å². The molecule has 0 atom stereocenters. The lowest BCUT2D eigenvalue weighted by atomic mass is 10.1. The number of hydrogen-bond donors (Lipinski definition) is 1. The Hall–Kier alpha value is -2.88. The van der Waals surface area contributed by atoms with Crippen LogP contribution in [0.1, 0.15) is 11.4 Å². The second kappa shape index (κ2) is 7.39. The number of aromatic nitrogens is 2. The number of nitrogen functional groups attached to an aromatic ring is 1. The Morgan fingerprint density at radius 3 is 2.63 bits per heavy atom. The van der Waals surface area contributed by atoms with E-state index in [0.29, 0.717) is 22.9 Å². The van der Waals surface area contributed by atoms with Crippen LogP contribution in [0.15, 0.2) is 42.5 Å². The molecule has 0 unspecified atom stereocenters. The van der Waals surface area contributed by atoms with Crippen LogP contribution in [0.2, 0.25) is 5.02 Å². The first-order valence-corrected chi connectivity index (χ1v) is 9.20. The van der Waals surface area contributed by atoms with Gasteiger partial charge in [-0.15, -0.1) is 0 Å². The predicted octanol–water partition coefficient (Wildman–Crippen LogP) is 3.06. The van der Waals surface area contributed by atoms with E-state index < -0.39 is 0 Å². The van der Waals surface area contributed by atoms with Crippen LogP contribution in [-0.4, -0.2) is 41.0 Å². The molecule has 1 aromatic heterocycles. The number of nitrogens with zero attached hydrogens (tertiary/aromatic N) is 5. The summed E-state index contributed by atoms with van der Waals surface area (Å²) in [7, 11) is 0. The summed E-state index contributed by atoms with van der Waals surface area (Å²) in [6, 6.07) is 15.5. The van der Waals surface area contributed by atoms with Crippen molar-refractivity contribution >= 4 is 34.0 Å². The van der Waals surface area contributed by atoms with Crippen LogP contribution in [0.3, 0.4) is 0 Å². The molecule has 0 bridgehead atoms. The summed E-state index contributed by atoms with van der Waals surface area (Å²) in [6.45, 7) is 4.06. The van der Waals surface area contributed by atoms with E-state index in [1.165, 1.54) is 0 Å². The number of hydrogen-bond acceptors (Lipinski definition) is 6. The van der Waals surface area contributed by atoms with Gasteiger partial charge < -0.3 is 10.6 Å². The Morgan fingerprint density at radius 2 is 1.85 bits per heavy atom. The maximum absolute atomic E-state index is 9.36. The van der Waals surface area contributed by atoms with E-state index in [-0.39, 0.29) is 0 Å². The molecule has 3 aromatic rings. The number of anilines is 2. The fourth-order valence-electron chi connectivity index (χ4n) is 3.44. The molecule has 0 aliphatic carbocycles. The van der Waals surface area contributed by atoms with Crippen molar-refractivity contribution in [2.45, 2.75) is 6.54 Å². The topological polar surface area (TPSA) is 82.1 Å². The summed E-state index contributed by atoms with van der Waals surface area (Å²) < 4.78 is 0. The molecule has 6 nitrogen and oxygen atoms in total. The summed E-state index contributed by atoms with van der Waals surface area (Å²) >= 11 is 6.00. The van der Waals surface area contributed by atoms with E-state index >= 15 is 0 Å². The fraction of sp³-hybridized carbons (Fsp3) is 0.250. The molecule has 1 aliphatic heterocycles. The monoisotopic (exact) mass is 378 g/mol. The van der Waals surface area contributed by atoms with Crippen molar-refractivity contribution in [1.82, 2.24) is 14.9 Å². The van der Waals surface area contributed by atoms with Gasteiger partial charge in [-0.1, -0.05) is 23.7 Å². The van der Waals surface area contributed by atoms with Gasteiger partial charge in [-0.05, 0) is 30.3 Å². The SMILES string of the molecule is N#Cc1cc(Cl)ccc1N1CCN(Cc2nc(N)c3ccccc3n2)CC1. The van der Waals surface area contributed by atoms with E-state index in [2.05, 4.69) is 25.8 Å². The van der Waals surface area contributed by atoms with Crippen molar-refractivity contribution < 1.29 is 0 Å². The largest absolute Gasteiger partial charge is 0.383 e. The second-order valence-corrected chi connectivity index (χ2v) is 7.02. The third kappa shape index (κ3) is 3.65. The van der Waals surface area contributed by atoms with Gasteiger partial charge in [-0.2, -0.15) is 5.26 Å². The average molecular weight is 379 g/mol. The number of nitrogens with two attached hydrogens (primary N) is 1. The van der Waals surface area contributed by atoms with Crippen LogP contribution in [0.5, 0.6) is 0 Å². The number of fused-ring (bicyclic) bond motifs is 1. The van der Waals surface area contributed by atoms with E-state index in [0.717, 1.165) is 48.6 Å². The average Bonchev–Trinajstić information content (AvgIpc) is 2.69. The molecule has 1 aliphatic rings. The van der Waals surface area contributed by atoms with Crippen molar-refractivity contribution in [2.75, 3.05) is 36.8 Å². The molecular formula is C20H19ClN6. The molecule has 0 radical (unpaired) electrons. The highest BCUT2D eigenvalue weighted by atomic mass is 35.5. The Balaban J connectivity index is 1.45. The molecule has 7 heteroatoms. The first-order valence-electron chi connectivity index (χ1n) is 8.82. The van der Waals surface area contributed by atoms with Gasteiger partial charge in [0.15, 0.2) is 0 Å². The van der Waals surface area contributed by atoms with E-state index in [9.17, 15) is 5.26 Å². The minimum Gasteiger partial charge on any atom is -0.383 e. The van der Waals surface area contributed by atoms with Crippen LogP contribution < -0.4 is 10.6 Å². The van der Waals surface area contributed by atoms with Crippen molar-refractivity contribution in [1.29, 1.82) is 5.26 Å². The first-order chi connectivity index (χ1) is 13.1. The standard InChI is InChI=1S/C20H19ClN6/c21-15-5-6-18(14(11-15)12-22)27-9-7-26(8-10-27)13-19-24-17-4-2-1-3-16(17)20(23)25-19/h1-6,11H,7-10,13H2,(H2,23,24,25). The number of nitriles is 1. The van der Waals surface area contributed by atoms with Gasteiger partial charge in [0.2, 0.25) is 0 Å². The molecule has 2 N–H and O–H groups in total. The Morgan fingerprint density at radius 1 is 1.07 bits per heavy atom. The van der Waals surface area contributed by atoms with Crippen LogP contribution >= 0.6 is 11.6 Å². The quantitative estimate of drug-likeness (QED) is 0.754. The molecule has 1 saturated heterocycles. The summed E-state index contributed by atoms with van der Waals surface area (Å²) in [6.07, 6.45) is 0. The number of piperazine rings is 1. The highest BCUT2D eigenvalue weighted by Gasteiger charge is 2.20. The summed E-state index contributed by atoms with van der Waals surface area (Å²) in [4.78, 5) is 13.6. The smallest absolute Gasteiger partial charge is 0.145 e. The van der Waals surface area contributed by atoms with Gasteiger partial charge in [-0.25, -0.2) is 9.97 Å². The number of para-hydroxylation sites is 1. The highest BCUT2D eigenvalue weighted by Crippen LogP contribution is 2.25. The maximum atomic E-state index is 9.36. The predicted molar refractivity (Wildman–Crippen MR) is 108 cm³/mol. The summed E-state index contributed by atoms with van der Waals surface area (Å²) in [5, 5.41) is 10.8. The molecule has 1 fully saturated rings. The Kier molecular flexibility index (Phi) is 4.80. The molecule has 4 rings (SSSR count). The zero-order valence-corrected chi connectivity index (χ0v) is 15.5. The van der Waals surface area contributed by atoms with Crippen molar-refractivity contribution in [3.05, 3.63) is 58.9 Å². The highest BCUT2D eigenvalue weighted by molar-refractivity contribution is 6.30. The number of benzene rings is 2. The zero-order valence-electron chi connectivity index (χ0n) is 14.8. The van der Waals surface area contributed by atoms with Crippen LogP contribution in [0.25, 0.3) is 10.9 Å². The molecule has 0 amide bonds. The van der Waals surface area contributed by atoms with Gasteiger partial charge in [0.1, 0.15) is 17.7 Å². The Bertz CT molecular complexity index is 1020. The van der Waals surface area contributed by atoms with E-state index in [1.807, 2.05) is 36.4 Å². The normalized spacial score (nSPS) is 15.0. The van der Waals surface area contributed by atoms with Crippen molar-refractivity contribution in [3.63, 3.8) is 0 Å². The minimum atomic E-state index is 0.522. The molecule has 27 heavy (non-hydrogen) atoms. The Labute approximate surface area is 162 Å². The lowest BCUT2D eigenvalue weighted by Crippen LogP contribution is -2.46. The fourth-order valence-corrected chi connectivity index (χ4v) is 3.61. The van der Waals surface area contributed by atoms with Gasteiger partial charge >= 0.3 is 0 Å².